The van der Waals surface area contributed by atoms with E-state index in [1.165, 1.54) is 19.5 Å². The first kappa shape index (κ1) is 21.8. The molecule has 0 aromatic carbocycles. The molecule has 0 aliphatic rings. The molecule has 4 heterocycles. The number of carbonyl (C=O) groups is 2. The van der Waals surface area contributed by atoms with E-state index in [4.69, 9.17) is 10.5 Å². The minimum absolute atomic E-state index is 0.228. The van der Waals surface area contributed by atoms with E-state index in [9.17, 15) is 9.59 Å². The predicted molar refractivity (Wildman–Crippen MR) is 123 cm³/mol. The standard InChI is InChI=1S/C23H23N7O3/c1-15-5-6-29-14-27-19(20(29)7-15)11-26-22(31)17(8-24)9-25-10-18-13-30-12-16(23(32)33-2)3-4-21(30)28-18/h3-9,12-14H,10-11,24H2,1-2H3,(H,26,31). The number of imidazole rings is 2. The molecule has 10 nitrogen and oxygen atoms in total. The molecule has 0 saturated carbocycles. The summed E-state index contributed by atoms with van der Waals surface area (Å²) in [5, 5.41) is 2.82. The highest BCUT2D eigenvalue weighted by atomic mass is 16.5. The van der Waals surface area contributed by atoms with Gasteiger partial charge in [-0.3, -0.25) is 9.79 Å². The van der Waals surface area contributed by atoms with Crippen molar-refractivity contribution in [2.75, 3.05) is 7.11 Å². The molecule has 1 amide bonds. The first-order valence-corrected chi connectivity index (χ1v) is 10.2. The molecule has 3 N–H and O–H groups in total. The van der Waals surface area contributed by atoms with Crippen LogP contribution in [-0.4, -0.2) is 44.0 Å². The number of aryl methyl sites for hydroxylation is 1. The molecule has 0 bridgehead atoms. The monoisotopic (exact) mass is 445 g/mol. The average Bonchev–Trinajstić information content (AvgIpc) is 3.42. The van der Waals surface area contributed by atoms with Crippen molar-refractivity contribution in [3.63, 3.8) is 0 Å². The topological polar surface area (TPSA) is 128 Å². The summed E-state index contributed by atoms with van der Waals surface area (Å²) in [6, 6.07) is 7.37. The van der Waals surface area contributed by atoms with Gasteiger partial charge in [0.1, 0.15) is 5.65 Å². The lowest BCUT2D eigenvalue weighted by atomic mass is 10.2. The zero-order chi connectivity index (χ0) is 23.4. The van der Waals surface area contributed by atoms with Gasteiger partial charge >= 0.3 is 5.97 Å². The van der Waals surface area contributed by atoms with Gasteiger partial charge in [0.25, 0.3) is 5.91 Å². The number of nitrogens with zero attached hydrogens (tertiary/aromatic N) is 5. The zero-order valence-corrected chi connectivity index (χ0v) is 18.2. The van der Waals surface area contributed by atoms with E-state index in [-0.39, 0.29) is 24.6 Å². The van der Waals surface area contributed by atoms with Crippen molar-refractivity contribution in [2.24, 2.45) is 10.7 Å². The maximum absolute atomic E-state index is 12.5. The van der Waals surface area contributed by atoms with Gasteiger partial charge in [0, 0.05) is 31.0 Å². The highest BCUT2D eigenvalue weighted by molar-refractivity contribution is 6.12. The number of fused-ring (bicyclic) bond motifs is 2. The number of methoxy groups -OCH3 is 1. The Balaban J connectivity index is 1.38. The molecular weight excluding hydrogens is 422 g/mol. The quantitative estimate of drug-likeness (QED) is 0.254. The highest BCUT2D eigenvalue weighted by Gasteiger charge is 2.11. The number of hydrogen-bond donors (Lipinski definition) is 2. The highest BCUT2D eigenvalue weighted by Crippen LogP contribution is 2.12. The normalized spacial score (nSPS) is 12.0. The third-order valence-electron chi connectivity index (χ3n) is 5.04. The first-order chi connectivity index (χ1) is 16.0. The number of hydrogen-bond acceptors (Lipinski definition) is 7. The molecule has 0 aliphatic carbocycles. The van der Waals surface area contributed by atoms with Gasteiger partial charge in [0.05, 0.1) is 54.6 Å². The number of amides is 1. The first-order valence-electron chi connectivity index (χ1n) is 10.2. The van der Waals surface area contributed by atoms with Gasteiger partial charge in [-0.25, -0.2) is 14.8 Å². The minimum atomic E-state index is -0.424. The number of nitrogens with two attached hydrogens (primary N) is 1. The largest absolute Gasteiger partial charge is 0.465 e. The lowest BCUT2D eigenvalue weighted by Gasteiger charge is -2.04. The van der Waals surface area contributed by atoms with Gasteiger partial charge < -0.3 is 24.6 Å². The van der Waals surface area contributed by atoms with Crippen molar-refractivity contribution in [1.82, 2.24) is 24.1 Å². The van der Waals surface area contributed by atoms with Crippen LogP contribution < -0.4 is 11.1 Å². The van der Waals surface area contributed by atoms with Gasteiger partial charge in [-0.2, -0.15) is 0 Å². The van der Waals surface area contributed by atoms with Gasteiger partial charge in [-0.15, -0.1) is 0 Å². The number of carbonyl (C=O) groups excluding carboxylic acids is 2. The van der Waals surface area contributed by atoms with Gasteiger partial charge in [0.2, 0.25) is 0 Å². The van der Waals surface area contributed by atoms with E-state index in [0.29, 0.717) is 16.9 Å². The Bertz CT molecular complexity index is 1400. The summed E-state index contributed by atoms with van der Waals surface area (Å²) in [6.45, 7) is 2.51. The van der Waals surface area contributed by atoms with Crippen LogP contribution >= 0.6 is 0 Å². The number of nitrogens with one attached hydrogen (secondary N) is 1. The second-order valence-corrected chi connectivity index (χ2v) is 7.37. The summed E-state index contributed by atoms with van der Waals surface area (Å²) < 4.78 is 8.35. The van der Waals surface area contributed by atoms with Gasteiger partial charge in [-0.1, -0.05) is 0 Å². The van der Waals surface area contributed by atoms with E-state index in [2.05, 4.69) is 20.3 Å². The summed E-state index contributed by atoms with van der Waals surface area (Å²) in [4.78, 5) is 37.3. The Morgan fingerprint density at radius 2 is 2.09 bits per heavy atom. The van der Waals surface area contributed by atoms with Crippen LogP contribution in [0, 0.1) is 6.92 Å². The van der Waals surface area contributed by atoms with Crippen LogP contribution in [0.3, 0.4) is 0 Å². The molecule has 0 fully saturated rings. The molecule has 33 heavy (non-hydrogen) atoms. The lowest BCUT2D eigenvalue weighted by Crippen LogP contribution is -2.26. The van der Waals surface area contributed by atoms with Crippen LogP contribution in [0.5, 0.6) is 0 Å². The number of aromatic nitrogens is 4. The Hall–Kier alpha value is -4.47. The van der Waals surface area contributed by atoms with Crippen molar-refractivity contribution in [3.8, 4) is 0 Å². The molecule has 168 valence electrons. The smallest absolute Gasteiger partial charge is 0.339 e. The number of ether oxygens (including phenoxy) is 1. The third-order valence-corrected chi connectivity index (χ3v) is 5.04. The fourth-order valence-corrected chi connectivity index (χ4v) is 3.32. The van der Waals surface area contributed by atoms with Gasteiger partial charge in [-0.05, 0) is 36.8 Å². The molecule has 10 heteroatoms. The lowest BCUT2D eigenvalue weighted by molar-refractivity contribution is -0.117. The van der Waals surface area contributed by atoms with Crippen LogP contribution in [0.2, 0.25) is 0 Å². The van der Waals surface area contributed by atoms with Gasteiger partial charge in [0.15, 0.2) is 0 Å². The summed E-state index contributed by atoms with van der Waals surface area (Å²) in [6.07, 6.45) is 9.66. The Morgan fingerprint density at radius 1 is 1.24 bits per heavy atom. The molecular formula is C23H23N7O3. The van der Waals surface area contributed by atoms with Crippen LogP contribution in [0.4, 0.5) is 0 Å². The van der Waals surface area contributed by atoms with E-state index in [1.807, 2.05) is 29.7 Å². The van der Waals surface area contributed by atoms with Crippen LogP contribution in [0.1, 0.15) is 27.3 Å². The van der Waals surface area contributed by atoms with E-state index in [0.717, 1.165) is 16.8 Å². The number of pyridine rings is 2. The van der Waals surface area contributed by atoms with Crippen molar-refractivity contribution >= 4 is 29.3 Å². The Labute approximate surface area is 189 Å². The maximum Gasteiger partial charge on any atom is 0.339 e. The molecule has 4 rings (SSSR count). The molecule has 4 aromatic rings. The zero-order valence-electron chi connectivity index (χ0n) is 18.2. The molecule has 0 saturated heterocycles. The molecule has 4 aromatic heterocycles. The minimum Gasteiger partial charge on any atom is -0.465 e. The molecule has 0 spiro atoms. The van der Waals surface area contributed by atoms with Crippen molar-refractivity contribution in [3.05, 3.63) is 83.5 Å². The Kier molecular flexibility index (Phi) is 6.16. The Morgan fingerprint density at radius 3 is 2.88 bits per heavy atom. The van der Waals surface area contributed by atoms with E-state index >= 15 is 0 Å². The third kappa shape index (κ3) is 4.74. The second-order valence-electron chi connectivity index (χ2n) is 7.37. The summed E-state index contributed by atoms with van der Waals surface area (Å²) in [5.74, 6) is -0.777. The summed E-state index contributed by atoms with van der Waals surface area (Å²) in [5.41, 5.74) is 10.4. The van der Waals surface area contributed by atoms with Crippen LogP contribution in [0.25, 0.3) is 11.2 Å². The average molecular weight is 445 g/mol. The van der Waals surface area contributed by atoms with Crippen molar-refractivity contribution < 1.29 is 14.3 Å². The van der Waals surface area contributed by atoms with Crippen LogP contribution in [0.15, 0.2) is 65.9 Å². The molecule has 0 atom stereocenters. The number of rotatable bonds is 7. The van der Waals surface area contributed by atoms with E-state index < -0.39 is 5.97 Å². The molecule has 0 aliphatic heterocycles. The van der Waals surface area contributed by atoms with E-state index in [1.54, 1.807) is 35.3 Å². The van der Waals surface area contributed by atoms with Crippen molar-refractivity contribution in [2.45, 2.75) is 20.0 Å². The van der Waals surface area contributed by atoms with Crippen molar-refractivity contribution in [1.29, 1.82) is 0 Å². The fraction of sp³-hybridized carbons (Fsp3) is 0.174. The maximum atomic E-state index is 12.5. The van der Waals surface area contributed by atoms with Crippen LogP contribution in [-0.2, 0) is 22.6 Å². The number of aliphatic imine (C=N–C) groups is 1. The predicted octanol–water partition coefficient (Wildman–Crippen LogP) is 1.81. The molecule has 0 radical (unpaired) electrons. The summed E-state index contributed by atoms with van der Waals surface area (Å²) in [7, 11) is 1.33. The second kappa shape index (κ2) is 9.35. The number of esters is 1. The fourth-order valence-electron chi connectivity index (χ4n) is 3.32. The SMILES string of the molecule is COC(=O)c1ccc2nc(CN=CC(=CN)C(=O)NCc3ncn4ccc(C)cc34)cn2c1. The molecule has 0 unspecified atom stereocenters. The summed E-state index contributed by atoms with van der Waals surface area (Å²) >= 11 is 0.